The first-order chi connectivity index (χ1) is 4.74. The molecule has 10 heavy (non-hydrogen) atoms. The molecule has 0 aromatic rings. The van der Waals surface area contributed by atoms with Gasteiger partial charge < -0.3 is 9.47 Å². The maximum atomic E-state index is 5.04. The summed E-state index contributed by atoms with van der Waals surface area (Å²) in [6.45, 7) is 2.16. The highest BCUT2D eigenvalue weighted by atomic mass is 32.2. The zero-order chi connectivity index (χ0) is 7.98. The highest BCUT2D eigenvalue weighted by Gasteiger charge is 2.09. The Morgan fingerprint density at radius 2 is 1.80 bits per heavy atom. The minimum absolute atomic E-state index is 0.0394. The van der Waals surface area contributed by atoms with Gasteiger partial charge in [0.2, 0.25) is 0 Å². The van der Waals surface area contributed by atoms with Crippen LogP contribution in [-0.4, -0.2) is 32.0 Å². The van der Waals surface area contributed by atoms with Crippen molar-refractivity contribution in [2.45, 2.75) is 24.9 Å². The van der Waals surface area contributed by atoms with Gasteiger partial charge in [0.05, 0.1) is 0 Å². The molecule has 0 saturated heterocycles. The molecule has 0 rings (SSSR count). The van der Waals surface area contributed by atoms with Gasteiger partial charge >= 0.3 is 0 Å². The molecule has 62 valence electrons. The van der Waals surface area contributed by atoms with Crippen molar-refractivity contribution in [2.75, 3.05) is 20.5 Å². The Labute approximate surface area is 67.3 Å². The molecule has 0 aliphatic carbocycles. The molecule has 0 saturated carbocycles. The Kier molecular flexibility index (Phi) is 6.17. The second-order valence-corrected chi connectivity index (χ2v) is 3.46. The number of hydrogen-bond acceptors (Lipinski definition) is 3. The number of rotatable bonds is 5. The third-order valence-corrected chi connectivity index (χ3v) is 2.45. The van der Waals surface area contributed by atoms with Gasteiger partial charge in [0, 0.05) is 25.9 Å². The fourth-order valence-electron chi connectivity index (χ4n) is 0.656. The molecule has 2 nitrogen and oxygen atoms in total. The topological polar surface area (TPSA) is 18.5 Å². The quantitative estimate of drug-likeness (QED) is 0.577. The molecule has 1 unspecified atom stereocenters. The van der Waals surface area contributed by atoms with Gasteiger partial charge in [-0.15, -0.1) is 0 Å². The molecule has 0 aliphatic rings. The van der Waals surface area contributed by atoms with Gasteiger partial charge in [-0.2, -0.15) is 11.8 Å². The largest absolute Gasteiger partial charge is 0.356 e. The second kappa shape index (κ2) is 6.01. The van der Waals surface area contributed by atoms with Gasteiger partial charge in [-0.3, -0.25) is 0 Å². The molecule has 3 heteroatoms. The summed E-state index contributed by atoms with van der Waals surface area (Å²) in [7, 11) is 3.34. The molecule has 0 aromatic heterocycles. The highest BCUT2D eigenvalue weighted by Crippen LogP contribution is 2.13. The lowest BCUT2D eigenvalue weighted by Gasteiger charge is -2.16. The van der Waals surface area contributed by atoms with E-state index >= 15 is 0 Å². The minimum atomic E-state index is -0.0394. The van der Waals surface area contributed by atoms with Crippen LogP contribution in [0.3, 0.4) is 0 Å². The highest BCUT2D eigenvalue weighted by molar-refractivity contribution is 7.99. The summed E-state index contributed by atoms with van der Waals surface area (Å²) in [4.78, 5) is 0. The summed E-state index contributed by atoms with van der Waals surface area (Å²) < 4.78 is 10.1. The second-order valence-electron chi connectivity index (χ2n) is 2.18. The van der Waals surface area contributed by atoms with Crippen LogP contribution in [-0.2, 0) is 9.47 Å². The number of thioether (sulfide) groups is 1. The van der Waals surface area contributed by atoms with Crippen molar-refractivity contribution in [1.82, 2.24) is 0 Å². The van der Waals surface area contributed by atoms with Crippen LogP contribution in [0.5, 0.6) is 0 Å². The Morgan fingerprint density at radius 3 is 2.10 bits per heavy atom. The molecule has 0 spiro atoms. The van der Waals surface area contributed by atoms with Crippen molar-refractivity contribution in [3.05, 3.63) is 0 Å². The number of ether oxygens (including phenoxy) is 2. The third kappa shape index (κ3) is 4.14. The zero-order valence-corrected chi connectivity index (χ0v) is 7.90. The lowest BCUT2D eigenvalue weighted by Crippen LogP contribution is -2.17. The average molecular weight is 164 g/mol. The number of methoxy groups -OCH3 is 2. The van der Waals surface area contributed by atoms with Gasteiger partial charge in [0.1, 0.15) is 0 Å². The predicted molar refractivity (Wildman–Crippen MR) is 45.4 cm³/mol. The summed E-state index contributed by atoms with van der Waals surface area (Å²) in [5, 5.41) is 0.602. The van der Waals surface area contributed by atoms with Crippen molar-refractivity contribution < 1.29 is 9.47 Å². The first-order valence-corrected chi connectivity index (χ1v) is 4.61. The van der Waals surface area contributed by atoms with Crippen molar-refractivity contribution in [1.29, 1.82) is 0 Å². The fraction of sp³-hybridized carbons (Fsp3) is 1.00. The van der Waals surface area contributed by atoms with Crippen molar-refractivity contribution in [2.24, 2.45) is 0 Å². The lowest BCUT2D eigenvalue weighted by molar-refractivity contribution is -0.105. The van der Waals surface area contributed by atoms with E-state index in [1.54, 1.807) is 14.2 Å². The monoisotopic (exact) mass is 164 g/mol. The molecule has 0 aromatic carbocycles. The van der Waals surface area contributed by atoms with E-state index in [4.69, 9.17) is 9.47 Å². The molecular formula is C7H16O2S. The molecule has 0 bridgehead atoms. The molecule has 1 atom stereocenters. The molecule has 0 N–H and O–H groups in total. The maximum absolute atomic E-state index is 5.04. The zero-order valence-electron chi connectivity index (χ0n) is 7.09. The van der Waals surface area contributed by atoms with E-state index < -0.39 is 0 Å². The van der Waals surface area contributed by atoms with Crippen molar-refractivity contribution in [3.8, 4) is 0 Å². The van der Waals surface area contributed by atoms with Crippen LogP contribution in [0.1, 0.15) is 13.3 Å². The van der Waals surface area contributed by atoms with Gasteiger partial charge in [0.25, 0.3) is 0 Å². The summed E-state index contributed by atoms with van der Waals surface area (Å²) >= 11 is 1.82. The number of hydrogen-bond donors (Lipinski definition) is 0. The van der Waals surface area contributed by atoms with Gasteiger partial charge in [0.15, 0.2) is 6.29 Å². The first kappa shape index (κ1) is 10.3. The van der Waals surface area contributed by atoms with E-state index in [9.17, 15) is 0 Å². The van der Waals surface area contributed by atoms with E-state index in [-0.39, 0.29) is 6.29 Å². The van der Waals surface area contributed by atoms with E-state index in [1.165, 1.54) is 0 Å². The smallest absolute Gasteiger partial charge is 0.157 e. The van der Waals surface area contributed by atoms with Crippen LogP contribution >= 0.6 is 11.8 Å². The maximum Gasteiger partial charge on any atom is 0.157 e. The van der Waals surface area contributed by atoms with Crippen molar-refractivity contribution in [3.63, 3.8) is 0 Å². The summed E-state index contributed by atoms with van der Waals surface area (Å²) in [6, 6.07) is 0. The van der Waals surface area contributed by atoms with Crippen molar-refractivity contribution >= 4 is 11.8 Å². The van der Waals surface area contributed by atoms with Gasteiger partial charge in [-0.1, -0.05) is 6.92 Å². The average Bonchev–Trinajstić information content (AvgIpc) is 1.99. The molecule has 0 aliphatic heterocycles. The molecule has 0 amide bonds. The summed E-state index contributed by atoms with van der Waals surface area (Å²) in [5.41, 5.74) is 0. The minimum Gasteiger partial charge on any atom is -0.356 e. The predicted octanol–water partition coefficient (Wildman–Crippen LogP) is 1.75. The Bertz CT molecular complexity index is 74.0. The SMILES string of the molecule is COC(CC(C)SC)OC. The van der Waals surface area contributed by atoms with Gasteiger partial charge in [-0.05, 0) is 6.26 Å². The van der Waals surface area contributed by atoms with E-state index in [0.717, 1.165) is 6.42 Å². The first-order valence-electron chi connectivity index (χ1n) is 3.33. The fourth-order valence-corrected chi connectivity index (χ4v) is 1.01. The Morgan fingerprint density at radius 1 is 1.30 bits per heavy atom. The molecule has 0 radical (unpaired) electrons. The van der Waals surface area contributed by atoms with E-state index in [2.05, 4.69) is 13.2 Å². The molecule has 0 fully saturated rings. The van der Waals surface area contributed by atoms with Crippen LogP contribution in [0.2, 0.25) is 0 Å². The summed E-state index contributed by atoms with van der Waals surface area (Å²) in [6.07, 6.45) is 3.00. The Hall–Kier alpha value is 0.270. The third-order valence-electron chi connectivity index (χ3n) is 1.45. The van der Waals surface area contributed by atoms with Gasteiger partial charge in [-0.25, -0.2) is 0 Å². The normalized spacial score (nSPS) is 14.1. The van der Waals surface area contributed by atoms with E-state index in [1.807, 2.05) is 11.8 Å². The molecular weight excluding hydrogens is 148 g/mol. The van der Waals surface area contributed by atoms with Crippen LogP contribution in [0.4, 0.5) is 0 Å². The van der Waals surface area contributed by atoms with Crippen LogP contribution in [0.15, 0.2) is 0 Å². The van der Waals surface area contributed by atoms with Crippen LogP contribution in [0, 0.1) is 0 Å². The standard InChI is InChI=1S/C7H16O2S/c1-6(10-4)5-7(8-2)9-3/h6-7H,5H2,1-4H3. The van der Waals surface area contributed by atoms with Crippen LogP contribution in [0.25, 0.3) is 0 Å². The Balaban J connectivity index is 3.41. The lowest BCUT2D eigenvalue weighted by atomic mass is 10.3. The van der Waals surface area contributed by atoms with Crippen LogP contribution < -0.4 is 0 Å². The van der Waals surface area contributed by atoms with E-state index in [0.29, 0.717) is 5.25 Å². The molecule has 0 heterocycles. The summed E-state index contributed by atoms with van der Waals surface area (Å²) in [5.74, 6) is 0.